The number of rotatable bonds is 4. The summed E-state index contributed by atoms with van der Waals surface area (Å²) in [5.74, 6) is -0.836. The monoisotopic (exact) mass is 311 g/mol. The van der Waals surface area contributed by atoms with Crippen LogP contribution in [-0.2, 0) is 14.6 Å². The van der Waals surface area contributed by atoms with E-state index < -0.39 is 21.3 Å². The van der Waals surface area contributed by atoms with Crippen LogP contribution in [0.1, 0.15) is 38.5 Å². The standard InChI is InChI=1S/C15H21NO4S/c1-21(19,20)13-8-6-12(7-9-13)16-15(14(17)18)10-4-2-3-5-11-15/h6-9,16H,2-5,10-11H2,1H3,(H,17,18). The van der Waals surface area contributed by atoms with Gasteiger partial charge in [-0.3, -0.25) is 0 Å². The van der Waals surface area contributed by atoms with E-state index >= 15 is 0 Å². The number of carboxylic acids is 1. The fraction of sp³-hybridized carbons (Fsp3) is 0.533. The molecule has 0 atom stereocenters. The number of hydrogen-bond acceptors (Lipinski definition) is 4. The number of carbonyl (C=O) groups is 1. The van der Waals surface area contributed by atoms with Crippen molar-refractivity contribution < 1.29 is 18.3 Å². The summed E-state index contributed by atoms with van der Waals surface area (Å²) in [6, 6.07) is 6.27. The van der Waals surface area contributed by atoms with Crippen molar-refractivity contribution >= 4 is 21.5 Å². The molecular formula is C15H21NO4S. The third-order valence-electron chi connectivity index (χ3n) is 4.03. The predicted octanol–water partition coefficient (Wildman–Crippen LogP) is 2.68. The average Bonchev–Trinajstić information content (AvgIpc) is 2.65. The van der Waals surface area contributed by atoms with E-state index in [4.69, 9.17) is 0 Å². The van der Waals surface area contributed by atoms with E-state index in [1.54, 1.807) is 12.1 Å². The zero-order valence-corrected chi connectivity index (χ0v) is 12.9. The number of aliphatic carboxylic acids is 1. The number of nitrogens with one attached hydrogen (secondary N) is 1. The quantitative estimate of drug-likeness (QED) is 0.835. The van der Waals surface area contributed by atoms with Crippen LogP contribution in [0.3, 0.4) is 0 Å². The van der Waals surface area contributed by atoms with Crippen LogP contribution in [0.25, 0.3) is 0 Å². The molecule has 2 rings (SSSR count). The Morgan fingerprint density at radius 2 is 1.62 bits per heavy atom. The minimum Gasteiger partial charge on any atom is -0.480 e. The van der Waals surface area contributed by atoms with Crippen molar-refractivity contribution in [1.82, 2.24) is 0 Å². The summed E-state index contributed by atoms with van der Waals surface area (Å²) in [5.41, 5.74) is -0.296. The second kappa shape index (κ2) is 6.05. The first-order valence-corrected chi connectivity index (χ1v) is 9.04. The Kier molecular flexibility index (Phi) is 4.56. The number of anilines is 1. The second-order valence-corrected chi connectivity index (χ2v) is 7.74. The molecular weight excluding hydrogens is 290 g/mol. The molecule has 0 heterocycles. The Hall–Kier alpha value is -1.56. The fourth-order valence-corrected chi connectivity index (χ4v) is 3.42. The number of carboxylic acid groups (broad SMARTS) is 1. The third-order valence-corrected chi connectivity index (χ3v) is 5.16. The van der Waals surface area contributed by atoms with Crippen LogP contribution in [0.4, 0.5) is 5.69 Å². The maximum Gasteiger partial charge on any atom is 0.329 e. The summed E-state index contributed by atoms with van der Waals surface area (Å²) in [6.07, 6.45) is 6.24. The Bertz CT molecular complexity index is 599. The molecule has 0 spiro atoms. The van der Waals surface area contributed by atoms with Gasteiger partial charge in [0.25, 0.3) is 0 Å². The first kappa shape index (κ1) is 15.8. The largest absolute Gasteiger partial charge is 0.480 e. The van der Waals surface area contributed by atoms with Crippen molar-refractivity contribution in [3.8, 4) is 0 Å². The van der Waals surface area contributed by atoms with E-state index in [2.05, 4.69) is 5.32 Å². The number of benzene rings is 1. The van der Waals surface area contributed by atoms with Gasteiger partial charge < -0.3 is 10.4 Å². The second-order valence-electron chi connectivity index (χ2n) is 5.72. The summed E-state index contributed by atoms with van der Waals surface area (Å²) in [5, 5.41) is 12.7. The van der Waals surface area contributed by atoms with Crippen molar-refractivity contribution in [2.75, 3.05) is 11.6 Å². The van der Waals surface area contributed by atoms with Crippen molar-refractivity contribution in [3.63, 3.8) is 0 Å². The molecule has 0 unspecified atom stereocenters. The highest BCUT2D eigenvalue weighted by molar-refractivity contribution is 7.90. The first-order valence-electron chi connectivity index (χ1n) is 7.15. The summed E-state index contributed by atoms with van der Waals surface area (Å²) in [7, 11) is -3.23. The molecule has 0 amide bonds. The van der Waals surface area contributed by atoms with Crippen LogP contribution in [0, 0.1) is 0 Å². The summed E-state index contributed by atoms with van der Waals surface area (Å²) in [6.45, 7) is 0. The van der Waals surface area contributed by atoms with Crippen molar-refractivity contribution in [1.29, 1.82) is 0 Å². The Morgan fingerprint density at radius 1 is 1.10 bits per heavy atom. The van der Waals surface area contributed by atoms with Crippen LogP contribution in [0.15, 0.2) is 29.2 Å². The maximum absolute atomic E-state index is 11.7. The van der Waals surface area contributed by atoms with E-state index in [-0.39, 0.29) is 4.90 Å². The van der Waals surface area contributed by atoms with Gasteiger partial charge in [-0.15, -0.1) is 0 Å². The SMILES string of the molecule is CS(=O)(=O)c1ccc(NC2(C(=O)O)CCCCCC2)cc1. The summed E-state index contributed by atoms with van der Waals surface area (Å²) >= 11 is 0. The van der Waals surface area contributed by atoms with Crippen LogP contribution < -0.4 is 5.32 Å². The molecule has 1 saturated carbocycles. The molecule has 0 radical (unpaired) electrons. The lowest BCUT2D eigenvalue weighted by molar-refractivity contribution is -0.142. The van der Waals surface area contributed by atoms with Gasteiger partial charge in [-0.25, -0.2) is 13.2 Å². The van der Waals surface area contributed by atoms with Crippen molar-refractivity contribution in [2.45, 2.75) is 49.0 Å². The van der Waals surface area contributed by atoms with E-state index in [1.807, 2.05) is 0 Å². The highest BCUT2D eigenvalue weighted by atomic mass is 32.2. The predicted molar refractivity (Wildman–Crippen MR) is 81.2 cm³/mol. The normalized spacial score (nSPS) is 18.7. The molecule has 116 valence electrons. The zero-order chi connectivity index (χ0) is 15.5. The molecule has 0 bridgehead atoms. The summed E-state index contributed by atoms with van der Waals surface area (Å²) in [4.78, 5) is 11.9. The van der Waals surface area contributed by atoms with Crippen LogP contribution in [0.2, 0.25) is 0 Å². The van der Waals surface area contributed by atoms with Crippen molar-refractivity contribution in [3.05, 3.63) is 24.3 Å². The van der Waals surface area contributed by atoms with Crippen LogP contribution in [-0.4, -0.2) is 31.3 Å². The number of sulfone groups is 1. The zero-order valence-electron chi connectivity index (χ0n) is 12.1. The van der Waals surface area contributed by atoms with Gasteiger partial charge >= 0.3 is 5.97 Å². The highest BCUT2D eigenvalue weighted by Crippen LogP contribution is 2.31. The van der Waals surface area contributed by atoms with E-state index in [0.717, 1.165) is 31.9 Å². The molecule has 5 nitrogen and oxygen atoms in total. The Labute approximate surface area is 125 Å². The molecule has 1 aliphatic carbocycles. The fourth-order valence-electron chi connectivity index (χ4n) is 2.79. The van der Waals surface area contributed by atoms with E-state index in [9.17, 15) is 18.3 Å². The lowest BCUT2D eigenvalue weighted by atomic mass is 9.90. The van der Waals surface area contributed by atoms with Gasteiger partial charge in [0, 0.05) is 11.9 Å². The topological polar surface area (TPSA) is 83.5 Å². The molecule has 0 aliphatic heterocycles. The first-order chi connectivity index (χ1) is 9.83. The van der Waals surface area contributed by atoms with Crippen LogP contribution >= 0.6 is 0 Å². The minimum atomic E-state index is -3.23. The average molecular weight is 311 g/mol. The molecule has 0 saturated heterocycles. The highest BCUT2D eigenvalue weighted by Gasteiger charge is 2.38. The van der Waals surface area contributed by atoms with Gasteiger partial charge in [0.05, 0.1) is 4.90 Å². The third kappa shape index (κ3) is 3.75. The number of hydrogen-bond donors (Lipinski definition) is 2. The molecule has 1 fully saturated rings. The lowest BCUT2D eigenvalue weighted by Crippen LogP contribution is -2.46. The van der Waals surface area contributed by atoms with Gasteiger partial charge in [-0.2, -0.15) is 0 Å². The molecule has 1 aliphatic rings. The van der Waals surface area contributed by atoms with Gasteiger partial charge in [0.15, 0.2) is 9.84 Å². The molecule has 21 heavy (non-hydrogen) atoms. The smallest absolute Gasteiger partial charge is 0.329 e. The van der Waals surface area contributed by atoms with Crippen molar-refractivity contribution in [2.24, 2.45) is 0 Å². The molecule has 1 aromatic rings. The maximum atomic E-state index is 11.7. The van der Waals surface area contributed by atoms with E-state index in [1.165, 1.54) is 12.1 Å². The minimum absolute atomic E-state index is 0.235. The van der Waals surface area contributed by atoms with Gasteiger partial charge in [0.1, 0.15) is 5.54 Å². The van der Waals surface area contributed by atoms with Crippen LogP contribution in [0.5, 0.6) is 0 Å². The van der Waals surface area contributed by atoms with Gasteiger partial charge in [0.2, 0.25) is 0 Å². The lowest BCUT2D eigenvalue weighted by Gasteiger charge is -2.30. The Morgan fingerprint density at radius 3 is 2.05 bits per heavy atom. The molecule has 0 aromatic heterocycles. The molecule has 2 N–H and O–H groups in total. The summed E-state index contributed by atoms with van der Waals surface area (Å²) < 4.78 is 22.9. The van der Waals surface area contributed by atoms with E-state index in [0.29, 0.717) is 18.5 Å². The molecule has 1 aromatic carbocycles. The van der Waals surface area contributed by atoms with Gasteiger partial charge in [-0.1, -0.05) is 25.7 Å². The van der Waals surface area contributed by atoms with Gasteiger partial charge in [-0.05, 0) is 37.1 Å². The Balaban J connectivity index is 2.23. The molecule has 6 heteroatoms.